The van der Waals surface area contributed by atoms with Gasteiger partial charge in [0.2, 0.25) is 11.8 Å². The van der Waals surface area contributed by atoms with Gasteiger partial charge in [-0.15, -0.1) is 0 Å². The van der Waals surface area contributed by atoms with Crippen LogP contribution in [-0.4, -0.2) is 65.5 Å². The molecule has 1 aliphatic rings. The number of aliphatic carboxylic acids is 1. The number of piperidine rings is 1. The Morgan fingerprint density at radius 2 is 1.82 bits per heavy atom. The highest BCUT2D eigenvalue weighted by molar-refractivity contribution is 5.83. The van der Waals surface area contributed by atoms with E-state index in [1.165, 1.54) is 4.90 Å². The molecule has 0 bridgehead atoms. The van der Waals surface area contributed by atoms with Crippen LogP contribution in [0.15, 0.2) is 30.3 Å². The number of carbonyl (C=O) groups excluding carboxylic acids is 2. The Morgan fingerprint density at radius 1 is 1.18 bits per heavy atom. The third-order valence-electron chi connectivity index (χ3n) is 4.75. The van der Waals surface area contributed by atoms with Gasteiger partial charge in [0.25, 0.3) is 0 Å². The summed E-state index contributed by atoms with van der Waals surface area (Å²) in [6.07, 6.45) is 1.43. The lowest BCUT2D eigenvalue weighted by molar-refractivity contribution is -0.148. The van der Waals surface area contributed by atoms with E-state index in [1.807, 2.05) is 44.2 Å². The van der Waals surface area contributed by atoms with Crippen LogP contribution in [0, 0.1) is 11.8 Å². The van der Waals surface area contributed by atoms with E-state index in [4.69, 9.17) is 9.84 Å². The van der Waals surface area contributed by atoms with Gasteiger partial charge in [0.05, 0.1) is 13.0 Å². The first-order chi connectivity index (χ1) is 13.4. The quantitative estimate of drug-likeness (QED) is 0.699. The molecule has 1 saturated heterocycles. The largest absolute Gasteiger partial charge is 0.493 e. The van der Waals surface area contributed by atoms with Gasteiger partial charge >= 0.3 is 5.97 Å². The monoisotopic (exact) mass is 390 g/mol. The van der Waals surface area contributed by atoms with Gasteiger partial charge in [0, 0.05) is 25.6 Å². The minimum Gasteiger partial charge on any atom is -0.493 e. The molecule has 0 saturated carbocycles. The molecule has 1 aromatic carbocycles. The number of ether oxygens (including phenoxy) is 1. The summed E-state index contributed by atoms with van der Waals surface area (Å²) < 4.78 is 5.57. The first-order valence-electron chi connectivity index (χ1n) is 9.83. The van der Waals surface area contributed by atoms with E-state index in [1.54, 1.807) is 4.90 Å². The van der Waals surface area contributed by atoms with Gasteiger partial charge in [0.15, 0.2) is 0 Å². The number of likely N-dealkylation sites (tertiary alicyclic amines) is 1. The lowest BCUT2D eigenvalue weighted by Crippen LogP contribution is -2.46. The van der Waals surface area contributed by atoms with Gasteiger partial charge in [0.1, 0.15) is 12.3 Å². The summed E-state index contributed by atoms with van der Waals surface area (Å²) in [7, 11) is 0. The topological polar surface area (TPSA) is 87.2 Å². The van der Waals surface area contributed by atoms with Crippen LogP contribution < -0.4 is 4.74 Å². The summed E-state index contributed by atoms with van der Waals surface area (Å²) in [5, 5.41) is 9.07. The lowest BCUT2D eigenvalue weighted by atomic mass is 9.94. The van der Waals surface area contributed by atoms with Gasteiger partial charge in [-0.2, -0.15) is 0 Å². The number of carbonyl (C=O) groups is 3. The molecule has 1 aromatic rings. The van der Waals surface area contributed by atoms with E-state index in [9.17, 15) is 14.4 Å². The molecule has 28 heavy (non-hydrogen) atoms. The highest BCUT2D eigenvalue weighted by atomic mass is 16.5. The molecule has 0 aliphatic carbocycles. The van der Waals surface area contributed by atoms with Gasteiger partial charge in [-0.1, -0.05) is 32.0 Å². The highest BCUT2D eigenvalue weighted by Crippen LogP contribution is 2.21. The number of rotatable bonds is 9. The van der Waals surface area contributed by atoms with Crippen molar-refractivity contribution in [2.45, 2.75) is 33.1 Å². The summed E-state index contributed by atoms with van der Waals surface area (Å²) in [5.74, 6) is -0.373. The Balaban J connectivity index is 1.77. The number of para-hydroxylation sites is 1. The molecule has 2 amide bonds. The van der Waals surface area contributed by atoms with Crippen molar-refractivity contribution in [3.05, 3.63) is 30.3 Å². The number of amides is 2. The van der Waals surface area contributed by atoms with E-state index < -0.39 is 5.97 Å². The van der Waals surface area contributed by atoms with Crippen molar-refractivity contribution < 1.29 is 24.2 Å². The van der Waals surface area contributed by atoms with Crippen molar-refractivity contribution in [1.82, 2.24) is 9.80 Å². The molecule has 2 rings (SSSR count). The van der Waals surface area contributed by atoms with E-state index in [-0.39, 0.29) is 30.2 Å². The summed E-state index contributed by atoms with van der Waals surface area (Å²) in [4.78, 5) is 39.3. The molecule has 1 heterocycles. The molecule has 1 N–H and O–H groups in total. The van der Waals surface area contributed by atoms with Gasteiger partial charge < -0.3 is 19.6 Å². The summed E-state index contributed by atoms with van der Waals surface area (Å²) >= 11 is 0. The van der Waals surface area contributed by atoms with E-state index in [2.05, 4.69) is 0 Å². The van der Waals surface area contributed by atoms with Crippen LogP contribution >= 0.6 is 0 Å². The normalized spacial score (nSPS) is 14.8. The third-order valence-corrected chi connectivity index (χ3v) is 4.75. The summed E-state index contributed by atoms with van der Waals surface area (Å²) in [6.45, 7) is 5.44. The Kier molecular flexibility index (Phi) is 8.29. The molecule has 1 fully saturated rings. The van der Waals surface area contributed by atoms with Crippen LogP contribution in [0.1, 0.15) is 33.1 Å². The summed E-state index contributed by atoms with van der Waals surface area (Å²) in [5.41, 5.74) is 0. The molecule has 1 aliphatic heterocycles. The predicted octanol–water partition coefficient (Wildman–Crippen LogP) is 2.26. The van der Waals surface area contributed by atoms with Crippen LogP contribution in [0.3, 0.4) is 0 Å². The molecule has 7 heteroatoms. The van der Waals surface area contributed by atoms with Crippen LogP contribution in [0.2, 0.25) is 0 Å². The van der Waals surface area contributed by atoms with Crippen molar-refractivity contribution >= 4 is 17.8 Å². The van der Waals surface area contributed by atoms with E-state index in [0.717, 1.165) is 5.75 Å². The van der Waals surface area contributed by atoms with Crippen molar-refractivity contribution in [3.63, 3.8) is 0 Å². The summed E-state index contributed by atoms with van der Waals surface area (Å²) in [6, 6.07) is 9.36. The van der Waals surface area contributed by atoms with Crippen LogP contribution in [-0.2, 0) is 14.4 Å². The first-order valence-corrected chi connectivity index (χ1v) is 9.83. The molecular weight excluding hydrogens is 360 g/mol. The zero-order valence-corrected chi connectivity index (χ0v) is 16.7. The van der Waals surface area contributed by atoms with E-state index >= 15 is 0 Å². The fraction of sp³-hybridized carbons (Fsp3) is 0.571. The Labute approximate surface area is 166 Å². The highest BCUT2D eigenvalue weighted by Gasteiger charge is 2.31. The van der Waals surface area contributed by atoms with Crippen molar-refractivity contribution in [2.75, 3.05) is 32.8 Å². The minimum absolute atomic E-state index is 0.0198. The Bertz CT molecular complexity index is 654. The van der Waals surface area contributed by atoms with Gasteiger partial charge in [-0.25, -0.2) is 0 Å². The predicted molar refractivity (Wildman–Crippen MR) is 105 cm³/mol. The molecule has 154 valence electrons. The van der Waals surface area contributed by atoms with Crippen LogP contribution in [0.4, 0.5) is 0 Å². The second kappa shape index (κ2) is 10.7. The maximum absolute atomic E-state index is 12.7. The first kappa shape index (κ1) is 21.7. The molecule has 0 aromatic heterocycles. The Hall–Kier alpha value is -2.57. The average Bonchev–Trinajstić information content (AvgIpc) is 2.67. The Morgan fingerprint density at radius 3 is 2.39 bits per heavy atom. The number of carboxylic acid groups (broad SMARTS) is 1. The average molecular weight is 390 g/mol. The SMILES string of the molecule is CC(C)CN(CC(=O)O)C(=O)C1CCN(C(=O)CCOc2ccccc2)CC1. The second-order valence-corrected chi connectivity index (χ2v) is 7.57. The van der Waals surface area contributed by atoms with Crippen LogP contribution in [0.5, 0.6) is 5.75 Å². The van der Waals surface area contributed by atoms with E-state index in [0.29, 0.717) is 45.5 Å². The maximum Gasteiger partial charge on any atom is 0.323 e. The zero-order valence-electron chi connectivity index (χ0n) is 16.7. The van der Waals surface area contributed by atoms with Crippen molar-refractivity contribution in [1.29, 1.82) is 0 Å². The lowest BCUT2D eigenvalue weighted by Gasteiger charge is -2.34. The number of nitrogens with zero attached hydrogens (tertiary/aromatic N) is 2. The third kappa shape index (κ3) is 6.87. The molecule has 0 radical (unpaired) electrons. The molecular formula is C21H30N2O5. The molecule has 7 nitrogen and oxygen atoms in total. The molecule has 0 atom stereocenters. The van der Waals surface area contributed by atoms with Crippen molar-refractivity contribution in [2.24, 2.45) is 11.8 Å². The number of hydrogen-bond acceptors (Lipinski definition) is 4. The van der Waals surface area contributed by atoms with Crippen LogP contribution in [0.25, 0.3) is 0 Å². The smallest absolute Gasteiger partial charge is 0.323 e. The number of carboxylic acids is 1. The number of hydrogen-bond donors (Lipinski definition) is 1. The molecule has 0 spiro atoms. The van der Waals surface area contributed by atoms with Gasteiger partial charge in [-0.05, 0) is 30.9 Å². The zero-order chi connectivity index (χ0) is 20.5. The van der Waals surface area contributed by atoms with Gasteiger partial charge in [-0.3, -0.25) is 14.4 Å². The fourth-order valence-electron chi connectivity index (χ4n) is 3.40. The number of benzene rings is 1. The standard InChI is InChI=1S/C21H30N2O5/c1-16(2)14-23(15-20(25)26)21(27)17-8-11-22(12-9-17)19(24)10-13-28-18-6-4-3-5-7-18/h3-7,16-17H,8-15H2,1-2H3,(H,25,26). The maximum atomic E-state index is 12.7. The second-order valence-electron chi connectivity index (χ2n) is 7.57. The fourth-order valence-corrected chi connectivity index (χ4v) is 3.40. The molecule has 0 unspecified atom stereocenters. The van der Waals surface area contributed by atoms with Crippen molar-refractivity contribution in [3.8, 4) is 5.75 Å². The minimum atomic E-state index is -1.000.